The third kappa shape index (κ3) is 4.20. The Balaban J connectivity index is 1.90. The fraction of sp³-hybridized carbons (Fsp3) is 0.357. The lowest BCUT2D eigenvalue weighted by Gasteiger charge is -2.09. The van der Waals surface area contributed by atoms with Crippen LogP contribution in [0.15, 0.2) is 35.7 Å². The Morgan fingerprint density at radius 2 is 2.05 bits per heavy atom. The van der Waals surface area contributed by atoms with Crippen molar-refractivity contribution in [3.05, 3.63) is 42.0 Å². The minimum Gasteiger partial charge on any atom is -0.351 e. The van der Waals surface area contributed by atoms with Gasteiger partial charge in [-0.05, 0) is 31.5 Å². The fourth-order valence-electron chi connectivity index (χ4n) is 1.79. The molecule has 1 aromatic heterocycles. The molecule has 0 aliphatic carbocycles. The van der Waals surface area contributed by atoms with Gasteiger partial charge in [0.2, 0.25) is 11.1 Å². The first-order valence-corrected chi connectivity index (χ1v) is 8.08. The SMILES string of the molecule is CC(C)n1cnnc1[S@@](=O)CC(=O)NCc1ccc(F)cc1. The molecule has 0 fully saturated rings. The van der Waals surface area contributed by atoms with Crippen LogP contribution < -0.4 is 5.32 Å². The van der Waals surface area contributed by atoms with Crippen molar-refractivity contribution in [3.8, 4) is 0 Å². The summed E-state index contributed by atoms with van der Waals surface area (Å²) in [5.74, 6) is -0.878. The molecule has 0 aliphatic heterocycles. The molecule has 0 saturated heterocycles. The van der Waals surface area contributed by atoms with E-state index in [1.807, 2.05) is 13.8 Å². The first-order valence-electron chi connectivity index (χ1n) is 6.76. The summed E-state index contributed by atoms with van der Waals surface area (Å²) in [5.41, 5.74) is 0.769. The van der Waals surface area contributed by atoms with E-state index in [9.17, 15) is 13.4 Å². The second-order valence-corrected chi connectivity index (χ2v) is 6.35. The lowest BCUT2D eigenvalue weighted by molar-refractivity contribution is -0.118. The zero-order chi connectivity index (χ0) is 16.1. The lowest BCUT2D eigenvalue weighted by atomic mass is 10.2. The number of aromatic nitrogens is 3. The molecular formula is C14H17FN4O2S. The Bertz CT molecular complexity index is 670. The average molecular weight is 324 g/mol. The second-order valence-electron chi connectivity index (χ2n) is 5.01. The summed E-state index contributed by atoms with van der Waals surface area (Å²) in [6.07, 6.45) is 1.49. The van der Waals surface area contributed by atoms with E-state index in [1.165, 1.54) is 18.5 Å². The summed E-state index contributed by atoms with van der Waals surface area (Å²) in [6, 6.07) is 5.88. The van der Waals surface area contributed by atoms with Gasteiger partial charge in [-0.3, -0.25) is 9.00 Å². The molecule has 1 aromatic carbocycles. The smallest absolute Gasteiger partial charge is 0.233 e. The van der Waals surface area contributed by atoms with Crippen LogP contribution in [0.5, 0.6) is 0 Å². The largest absolute Gasteiger partial charge is 0.351 e. The van der Waals surface area contributed by atoms with Crippen LogP contribution in [0.4, 0.5) is 4.39 Å². The van der Waals surface area contributed by atoms with Crippen molar-refractivity contribution in [1.82, 2.24) is 20.1 Å². The lowest BCUT2D eigenvalue weighted by Crippen LogP contribution is -2.28. The van der Waals surface area contributed by atoms with Crippen LogP contribution in [-0.4, -0.2) is 30.6 Å². The van der Waals surface area contributed by atoms with Crippen LogP contribution in [0, 0.1) is 5.82 Å². The third-order valence-corrected chi connectivity index (χ3v) is 4.19. The van der Waals surface area contributed by atoms with E-state index in [1.54, 1.807) is 16.7 Å². The Labute approximate surface area is 130 Å². The van der Waals surface area contributed by atoms with Gasteiger partial charge in [-0.1, -0.05) is 12.1 Å². The Kier molecular flexibility index (Phi) is 5.37. The third-order valence-electron chi connectivity index (χ3n) is 2.97. The van der Waals surface area contributed by atoms with Crippen LogP contribution >= 0.6 is 0 Å². The molecule has 1 atom stereocenters. The quantitative estimate of drug-likeness (QED) is 0.872. The number of benzene rings is 1. The average Bonchev–Trinajstić information content (AvgIpc) is 2.96. The van der Waals surface area contributed by atoms with Gasteiger partial charge in [0.15, 0.2) is 0 Å². The van der Waals surface area contributed by atoms with E-state index >= 15 is 0 Å². The van der Waals surface area contributed by atoms with Crippen molar-refractivity contribution in [2.75, 3.05) is 5.75 Å². The molecule has 0 bridgehead atoms. The van der Waals surface area contributed by atoms with Crippen LogP contribution in [-0.2, 0) is 22.1 Å². The number of rotatable bonds is 6. The molecule has 22 heavy (non-hydrogen) atoms. The van der Waals surface area contributed by atoms with Gasteiger partial charge in [0.25, 0.3) is 0 Å². The highest BCUT2D eigenvalue weighted by molar-refractivity contribution is 7.85. The maximum Gasteiger partial charge on any atom is 0.233 e. The van der Waals surface area contributed by atoms with Gasteiger partial charge in [0.05, 0.1) is 0 Å². The van der Waals surface area contributed by atoms with Crippen molar-refractivity contribution in [1.29, 1.82) is 0 Å². The van der Waals surface area contributed by atoms with E-state index in [0.717, 1.165) is 5.56 Å². The van der Waals surface area contributed by atoms with Gasteiger partial charge in [0.1, 0.15) is 28.7 Å². The molecule has 0 saturated carbocycles. The predicted molar refractivity (Wildman–Crippen MR) is 79.9 cm³/mol. The molecular weight excluding hydrogens is 307 g/mol. The van der Waals surface area contributed by atoms with E-state index in [4.69, 9.17) is 0 Å². The number of carbonyl (C=O) groups excluding carboxylic acids is 1. The molecule has 118 valence electrons. The van der Waals surface area contributed by atoms with Gasteiger partial charge < -0.3 is 9.88 Å². The molecule has 1 amide bonds. The van der Waals surface area contributed by atoms with Crippen molar-refractivity contribution in [3.63, 3.8) is 0 Å². The minimum absolute atomic E-state index is 0.0660. The molecule has 8 heteroatoms. The van der Waals surface area contributed by atoms with Crippen LogP contribution in [0.2, 0.25) is 0 Å². The summed E-state index contributed by atoms with van der Waals surface area (Å²) in [6.45, 7) is 4.09. The Hall–Kier alpha value is -2.09. The monoisotopic (exact) mass is 324 g/mol. The van der Waals surface area contributed by atoms with Crippen molar-refractivity contribution >= 4 is 16.7 Å². The standard InChI is InChI=1S/C14H17FN4O2S/c1-10(2)19-9-17-18-14(19)22(21)8-13(20)16-7-11-3-5-12(15)6-4-11/h3-6,9-10H,7-8H2,1-2H3,(H,16,20)/t22-/m0/s1. The Morgan fingerprint density at radius 1 is 1.36 bits per heavy atom. The zero-order valence-electron chi connectivity index (χ0n) is 12.3. The number of carbonyl (C=O) groups is 1. The van der Waals surface area contributed by atoms with Gasteiger partial charge in [-0.2, -0.15) is 0 Å². The molecule has 2 rings (SSSR count). The molecule has 6 nitrogen and oxygen atoms in total. The highest BCUT2D eigenvalue weighted by Crippen LogP contribution is 2.10. The summed E-state index contributed by atoms with van der Waals surface area (Å²) >= 11 is 0. The number of amides is 1. The summed E-state index contributed by atoms with van der Waals surface area (Å²) in [5, 5.41) is 10.5. The number of halogens is 1. The predicted octanol–water partition coefficient (Wildman–Crippen LogP) is 1.42. The number of hydrogen-bond acceptors (Lipinski definition) is 4. The first-order chi connectivity index (χ1) is 10.5. The Morgan fingerprint density at radius 3 is 2.68 bits per heavy atom. The molecule has 0 unspecified atom stereocenters. The summed E-state index contributed by atoms with van der Waals surface area (Å²) < 4.78 is 26.6. The number of hydrogen-bond donors (Lipinski definition) is 1. The van der Waals surface area contributed by atoms with Crippen LogP contribution in [0.3, 0.4) is 0 Å². The second kappa shape index (κ2) is 7.26. The van der Waals surface area contributed by atoms with E-state index in [-0.39, 0.29) is 35.2 Å². The number of nitrogens with zero attached hydrogens (tertiary/aromatic N) is 3. The molecule has 0 radical (unpaired) electrons. The molecule has 0 spiro atoms. The van der Waals surface area contributed by atoms with E-state index in [2.05, 4.69) is 15.5 Å². The molecule has 1 N–H and O–H groups in total. The van der Waals surface area contributed by atoms with Gasteiger partial charge in [-0.25, -0.2) is 4.39 Å². The van der Waals surface area contributed by atoms with Crippen molar-refractivity contribution in [2.24, 2.45) is 0 Å². The van der Waals surface area contributed by atoms with Crippen LogP contribution in [0.25, 0.3) is 0 Å². The topological polar surface area (TPSA) is 76.9 Å². The van der Waals surface area contributed by atoms with Crippen LogP contribution in [0.1, 0.15) is 25.5 Å². The summed E-state index contributed by atoms with van der Waals surface area (Å²) in [4.78, 5) is 11.8. The van der Waals surface area contributed by atoms with Gasteiger partial charge in [-0.15, -0.1) is 10.2 Å². The highest BCUT2D eigenvalue weighted by atomic mass is 32.2. The van der Waals surface area contributed by atoms with E-state index < -0.39 is 10.8 Å². The molecule has 1 heterocycles. The normalized spacial score (nSPS) is 12.4. The van der Waals surface area contributed by atoms with E-state index in [0.29, 0.717) is 0 Å². The zero-order valence-corrected chi connectivity index (χ0v) is 13.1. The molecule has 2 aromatic rings. The maximum absolute atomic E-state index is 12.8. The highest BCUT2D eigenvalue weighted by Gasteiger charge is 2.17. The fourth-order valence-corrected chi connectivity index (χ4v) is 2.89. The minimum atomic E-state index is -1.56. The van der Waals surface area contributed by atoms with Crippen molar-refractivity contribution < 1.29 is 13.4 Å². The van der Waals surface area contributed by atoms with Gasteiger partial charge >= 0.3 is 0 Å². The maximum atomic E-state index is 12.8. The first kappa shape index (κ1) is 16.3. The van der Waals surface area contributed by atoms with Gasteiger partial charge in [0, 0.05) is 12.6 Å². The molecule has 0 aliphatic rings. The van der Waals surface area contributed by atoms with Crippen molar-refractivity contribution in [2.45, 2.75) is 31.6 Å². The number of nitrogens with one attached hydrogen (secondary N) is 1. The summed E-state index contributed by atoms with van der Waals surface area (Å²) in [7, 11) is -1.56.